The van der Waals surface area contributed by atoms with Crippen molar-refractivity contribution in [3.63, 3.8) is 0 Å². The zero-order valence-corrected chi connectivity index (χ0v) is 14.9. The first-order chi connectivity index (χ1) is 12.2. The number of rotatable bonds is 7. The van der Waals surface area contributed by atoms with Crippen LogP contribution in [0.4, 0.5) is 0 Å². The van der Waals surface area contributed by atoms with Gasteiger partial charge in [0.2, 0.25) is 5.91 Å². The number of hydrogen-bond acceptors (Lipinski definition) is 4. The number of hydroxylamine groups is 1. The summed E-state index contributed by atoms with van der Waals surface area (Å²) in [5.74, 6) is 0.246. The zero-order chi connectivity index (χ0) is 17.5. The first kappa shape index (κ1) is 17.7. The Hall–Kier alpha value is -2.11. The Bertz CT molecular complexity index is 640. The molecule has 3 rings (SSSR count). The second-order valence-corrected chi connectivity index (χ2v) is 6.69. The summed E-state index contributed by atoms with van der Waals surface area (Å²) < 4.78 is 0. The number of carbonyl (C=O) groups excluding carboxylic acids is 1. The molecule has 1 saturated heterocycles. The molecule has 134 valence electrons. The number of nitrogens with one attached hydrogen (secondary N) is 1. The normalized spacial score (nSPS) is 19.2. The minimum atomic E-state index is 0.246. The molecule has 1 amide bonds. The molecule has 2 aliphatic heterocycles. The fraction of sp³-hybridized carbons (Fsp3) is 0.450. The number of carbonyl (C=O) groups is 1. The first-order valence-electron chi connectivity index (χ1n) is 9.00. The van der Waals surface area contributed by atoms with Crippen molar-refractivity contribution in [1.29, 1.82) is 0 Å². The number of nitrogens with zero attached hydrogens (tertiary/aromatic N) is 2. The van der Waals surface area contributed by atoms with Gasteiger partial charge in [-0.3, -0.25) is 15.1 Å². The van der Waals surface area contributed by atoms with Crippen LogP contribution in [0.1, 0.15) is 24.8 Å². The first-order valence-corrected chi connectivity index (χ1v) is 9.00. The van der Waals surface area contributed by atoms with Gasteiger partial charge in [0.15, 0.2) is 0 Å². The van der Waals surface area contributed by atoms with Gasteiger partial charge in [0.25, 0.3) is 0 Å². The number of benzene rings is 1. The predicted molar refractivity (Wildman–Crippen MR) is 98.5 cm³/mol. The van der Waals surface area contributed by atoms with Gasteiger partial charge in [0.05, 0.1) is 12.3 Å². The van der Waals surface area contributed by atoms with Crippen molar-refractivity contribution in [3.05, 3.63) is 59.3 Å². The van der Waals surface area contributed by atoms with Crippen LogP contribution in [0.5, 0.6) is 0 Å². The lowest BCUT2D eigenvalue weighted by Crippen LogP contribution is -2.30. The van der Waals surface area contributed by atoms with E-state index in [2.05, 4.69) is 29.6 Å². The molecule has 5 nitrogen and oxygen atoms in total. The topological polar surface area (TPSA) is 44.8 Å². The van der Waals surface area contributed by atoms with Gasteiger partial charge in [-0.05, 0) is 37.1 Å². The van der Waals surface area contributed by atoms with Gasteiger partial charge in [0.1, 0.15) is 0 Å². The van der Waals surface area contributed by atoms with Crippen molar-refractivity contribution in [3.8, 4) is 0 Å². The lowest BCUT2D eigenvalue weighted by molar-refractivity contribution is -0.127. The fourth-order valence-electron chi connectivity index (χ4n) is 3.20. The van der Waals surface area contributed by atoms with E-state index in [1.807, 2.05) is 35.2 Å². The molecule has 5 heteroatoms. The number of amides is 1. The fourth-order valence-corrected chi connectivity index (χ4v) is 3.20. The Balaban J connectivity index is 1.63. The number of hydrogen-bond donors (Lipinski definition) is 1. The van der Waals surface area contributed by atoms with Crippen LogP contribution >= 0.6 is 0 Å². The van der Waals surface area contributed by atoms with Crippen LogP contribution in [0.3, 0.4) is 0 Å². The maximum absolute atomic E-state index is 11.8. The van der Waals surface area contributed by atoms with Crippen molar-refractivity contribution >= 4 is 5.91 Å². The van der Waals surface area contributed by atoms with E-state index >= 15 is 0 Å². The van der Waals surface area contributed by atoms with Crippen LogP contribution in [0.25, 0.3) is 0 Å². The van der Waals surface area contributed by atoms with E-state index in [9.17, 15) is 4.79 Å². The molecule has 0 radical (unpaired) electrons. The molecule has 0 saturated carbocycles. The van der Waals surface area contributed by atoms with Crippen LogP contribution in [0.2, 0.25) is 0 Å². The van der Waals surface area contributed by atoms with Crippen LogP contribution in [0.15, 0.2) is 53.8 Å². The Kier molecular flexibility index (Phi) is 6.25. The summed E-state index contributed by atoms with van der Waals surface area (Å²) in [6, 6.07) is 10.1. The second-order valence-electron chi connectivity index (χ2n) is 6.69. The van der Waals surface area contributed by atoms with Gasteiger partial charge in [-0.2, -0.15) is 0 Å². The SMILES string of the molecule is CN1CCC=C(C(=CCN2CCCC2=O)NOCc2ccccc2)C1. The average Bonchev–Trinajstić information content (AvgIpc) is 3.04. The molecule has 1 aromatic rings. The average molecular weight is 341 g/mol. The minimum absolute atomic E-state index is 0.246. The summed E-state index contributed by atoms with van der Waals surface area (Å²) >= 11 is 0. The quantitative estimate of drug-likeness (QED) is 0.774. The van der Waals surface area contributed by atoms with Crippen molar-refractivity contribution in [2.75, 3.05) is 33.2 Å². The van der Waals surface area contributed by atoms with Crippen LogP contribution < -0.4 is 5.48 Å². The molecule has 25 heavy (non-hydrogen) atoms. The van der Waals surface area contributed by atoms with E-state index in [4.69, 9.17) is 4.84 Å². The molecule has 0 atom stereocenters. The van der Waals surface area contributed by atoms with Crippen molar-refractivity contribution in [2.24, 2.45) is 0 Å². The van der Waals surface area contributed by atoms with Gasteiger partial charge < -0.3 is 9.80 Å². The lowest BCUT2D eigenvalue weighted by atomic mass is 10.1. The molecule has 0 aromatic heterocycles. The third-order valence-electron chi connectivity index (χ3n) is 4.64. The highest BCUT2D eigenvalue weighted by atomic mass is 16.6. The van der Waals surface area contributed by atoms with Crippen molar-refractivity contribution in [1.82, 2.24) is 15.3 Å². The highest BCUT2D eigenvalue weighted by molar-refractivity contribution is 5.78. The summed E-state index contributed by atoms with van der Waals surface area (Å²) in [5.41, 5.74) is 6.45. The molecular formula is C20H27N3O2. The Morgan fingerprint density at radius 1 is 1.28 bits per heavy atom. The lowest BCUT2D eigenvalue weighted by Gasteiger charge is -2.25. The standard InChI is InChI=1S/C20H27N3O2/c1-22-12-5-9-18(15-22)19(11-14-23-13-6-10-20(23)24)21-25-16-17-7-3-2-4-8-17/h2-4,7-9,11,21H,5-6,10,12-16H2,1H3. The Labute approximate surface area is 149 Å². The summed E-state index contributed by atoms with van der Waals surface area (Å²) in [7, 11) is 2.12. The van der Waals surface area contributed by atoms with E-state index in [-0.39, 0.29) is 5.91 Å². The predicted octanol–water partition coefficient (Wildman–Crippen LogP) is 2.48. The Morgan fingerprint density at radius 3 is 2.84 bits per heavy atom. The highest BCUT2D eigenvalue weighted by Crippen LogP contribution is 2.17. The van der Waals surface area contributed by atoms with Gasteiger partial charge in [0, 0.05) is 32.6 Å². The highest BCUT2D eigenvalue weighted by Gasteiger charge is 2.19. The van der Waals surface area contributed by atoms with Gasteiger partial charge in [-0.25, -0.2) is 0 Å². The van der Waals surface area contributed by atoms with E-state index in [1.165, 1.54) is 5.57 Å². The summed E-state index contributed by atoms with van der Waals surface area (Å²) in [5, 5.41) is 0. The van der Waals surface area contributed by atoms with E-state index in [0.29, 0.717) is 19.6 Å². The molecule has 0 bridgehead atoms. The zero-order valence-electron chi connectivity index (χ0n) is 14.9. The maximum Gasteiger partial charge on any atom is 0.222 e. The minimum Gasteiger partial charge on any atom is -0.339 e. The van der Waals surface area contributed by atoms with E-state index in [1.54, 1.807) is 0 Å². The van der Waals surface area contributed by atoms with Gasteiger partial charge >= 0.3 is 0 Å². The van der Waals surface area contributed by atoms with Crippen LogP contribution in [-0.4, -0.2) is 48.9 Å². The third kappa shape index (κ3) is 5.18. The second kappa shape index (κ2) is 8.83. The van der Waals surface area contributed by atoms with Gasteiger partial charge in [-0.15, -0.1) is 0 Å². The van der Waals surface area contributed by atoms with E-state index < -0.39 is 0 Å². The molecule has 0 unspecified atom stereocenters. The van der Waals surface area contributed by atoms with E-state index in [0.717, 1.165) is 43.7 Å². The molecule has 0 aliphatic carbocycles. The number of likely N-dealkylation sites (N-methyl/N-ethyl adjacent to an activating group) is 1. The molecule has 1 aromatic carbocycles. The van der Waals surface area contributed by atoms with Crippen LogP contribution in [0, 0.1) is 0 Å². The molecule has 2 heterocycles. The number of likely N-dealkylation sites (tertiary alicyclic amines) is 1. The largest absolute Gasteiger partial charge is 0.339 e. The molecular weight excluding hydrogens is 314 g/mol. The van der Waals surface area contributed by atoms with Crippen molar-refractivity contribution in [2.45, 2.75) is 25.9 Å². The molecule has 0 spiro atoms. The van der Waals surface area contributed by atoms with Gasteiger partial charge in [-0.1, -0.05) is 36.4 Å². The maximum atomic E-state index is 11.8. The summed E-state index contributed by atoms with van der Waals surface area (Å²) in [6.07, 6.45) is 7.01. The van der Waals surface area contributed by atoms with Crippen LogP contribution in [-0.2, 0) is 16.2 Å². The monoisotopic (exact) mass is 341 g/mol. The summed E-state index contributed by atoms with van der Waals surface area (Å²) in [6.45, 7) is 3.96. The van der Waals surface area contributed by atoms with Crippen molar-refractivity contribution < 1.29 is 9.63 Å². The smallest absolute Gasteiger partial charge is 0.222 e. The Morgan fingerprint density at radius 2 is 2.12 bits per heavy atom. The third-order valence-corrected chi connectivity index (χ3v) is 4.64. The molecule has 2 aliphatic rings. The molecule has 1 fully saturated rings. The summed E-state index contributed by atoms with van der Waals surface area (Å²) in [4.78, 5) is 21.8. The molecule has 1 N–H and O–H groups in total.